The van der Waals surface area contributed by atoms with Crippen molar-refractivity contribution < 1.29 is 9.21 Å². The van der Waals surface area contributed by atoms with Crippen LogP contribution >= 0.6 is 0 Å². The molecule has 3 aromatic carbocycles. The van der Waals surface area contributed by atoms with Gasteiger partial charge in [-0.15, -0.1) is 0 Å². The summed E-state index contributed by atoms with van der Waals surface area (Å²) in [6.07, 6.45) is 4.98. The molecule has 150 valence electrons. The first-order valence-electron chi connectivity index (χ1n) is 10.7. The molecule has 1 fully saturated rings. The maximum absolute atomic E-state index is 12.9. The summed E-state index contributed by atoms with van der Waals surface area (Å²) in [5, 5.41) is 4.09. The molecule has 0 unspecified atom stereocenters. The highest BCUT2D eigenvalue weighted by atomic mass is 16.3. The summed E-state index contributed by atoms with van der Waals surface area (Å²) in [5.74, 6) is 1.08. The summed E-state index contributed by atoms with van der Waals surface area (Å²) in [4.78, 5) is 12.9. The van der Waals surface area contributed by atoms with Gasteiger partial charge >= 0.3 is 0 Å². The van der Waals surface area contributed by atoms with Crippen LogP contribution in [0, 0.1) is 12.8 Å². The Labute approximate surface area is 176 Å². The quantitative estimate of drug-likeness (QED) is 0.382. The number of amides is 1. The van der Waals surface area contributed by atoms with Crippen LogP contribution in [0.1, 0.15) is 40.9 Å². The molecule has 0 spiro atoms. The molecular weight excluding hydrogens is 370 g/mol. The predicted octanol–water partition coefficient (Wildman–Crippen LogP) is 7.00. The molecule has 0 radical (unpaired) electrons. The molecule has 1 aliphatic carbocycles. The lowest BCUT2D eigenvalue weighted by atomic mass is 10.0. The van der Waals surface area contributed by atoms with Gasteiger partial charge in [0.2, 0.25) is 0 Å². The summed E-state index contributed by atoms with van der Waals surface area (Å²) in [5.41, 5.74) is 6.04. The van der Waals surface area contributed by atoms with Crippen LogP contribution in [0.5, 0.6) is 0 Å². The first kappa shape index (κ1) is 18.7. The van der Waals surface area contributed by atoms with Gasteiger partial charge in [-0.05, 0) is 60.6 Å². The smallest absolute Gasteiger partial charge is 0.291 e. The number of carbonyl (C=O) groups is 1. The van der Waals surface area contributed by atoms with Gasteiger partial charge in [-0.1, -0.05) is 67.4 Å². The van der Waals surface area contributed by atoms with Gasteiger partial charge in [-0.2, -0.15) is 0 Å². The van der Waals surface area contributed by atoms with E-state index in [-0.39, 0.29) is 5.91 Å². The Kier molecular flexibility index (Phi) is 4.88. The number of hydrogen-bond donors (Lipinski definition) is 1. The van der Waals surface area contributed by atoms with Crippen molar-refractivity contribution in [1.29, 1.82) is 0 Å². The summed E-state index contributed by atoms with van der Waals surface area (Å²) in [7, 11) is 0. The third-order valence-corrected chi connectivity index (χ3v) is 6.02. The van der Waals surface area contributed by atoms with E-state index in [4.69, 9.17) is 4.42 Å². The zero-order valence-electron chi connectivity index (χ0n) is 17.2. The van der Waals surface area contributed by atoms with E-state index in [2.05, 4.69) is 23.5 Å². The topological polar surface area (TPSA) is 42.2 Å². The molecule has 0 saturated heterocycles. The summed E-state index contributed by atoms with van der Waals surface area (Å²) < 4.78 is 5.98. The van der Waals surface area contributed by atoms with E-state index in [9.17, 15) is 4.79 Å². The molecule has 3 nitrogen and oxygen atoms in total. The lowest BCUT2D eigenvalue weighted by Gasteiger charge is -2.06. The van der Waals surface area contributed by atoms with Crippen molar-refractivity contribution in [2.45, 2.75) is 32.6 Å². The highest BCUT2D eigenvalue weighted by Crippen LogP contribution is 2.36. The summed E-state index contributed by atoms with van der Waals surface area (Å²) >= 11 is 0. The van der Waals surface area contributed by atoms with Gasteiger partial charge in [0, 0.05) is 16.6 Å². The molecule has 5 rings (SSSR count). The Morgan fingerprint density at radius 2 is 1.67 bits per heavy atom. The molecule has 30 heavy (non-hydrogen) atoms. The van der Waals surface area contributed by atoms with E-state index in [0.717, 1.165) is 45.7 Å². The monoisotopic (exact) mass is 395 g/mol. The number of anilines is 1. The van der Waals surface area contributed by atoms with Gasteiger partial charge in [0.25, 0.3) is 5.91 Å². The molecule has 1 aromatic heterocycles. The van der Waals surface area contributed by atoms with E-state index >= 15 is 0 Å². The number of nitrogens with one attached hydrogen (secondary N) is 1. The summed E-state index contributed by atoms with van der Waals surface area (Å²) in [6, 6.07) is 24.2. The predicted molar refractivity (Wildman–Crippen MR) is 122 cm³/mol. The van der Waals surface area contributed by atoms with Crippen LogP contribution < -0.4 is 5.32 Å². The number of fused-ring (bicyclic) bond motifs is 1. The highest BCUT2D eigenvalue weighted by Gasteiger charge is 2.23. The van der Waals surface area contributed by atoms with Crippen LogP contribution in [-0.2, 0) is 6.42 Å². The molecule has 0 bridgehead atoms. The Bertz CT molecular complexity index is 1190. The lowest BCUT2D eigenvalue weighted by Crippen LogP contribution is -2.12. The molecule has 1 N–H and O–H groups in total. The minimum Gasteiger partial charge on any atom is -0.451 e. The number of hydrogen-bond acceptors (Lipinski definition) is 2. The average molecular weight is 396 g/mol. The number of aryl methyl sites for hydroxylation is 2. The number of benzene rings is 3. The first-order valence-corrected chi connectivity index (χ1v) is 10.7. The molecule has 1 heterocycles. The van der Waals surface area contributed by atoms with E-state index in [1.54, 1.807) is 0 Å². The van der Waals surface area contributed by atoms with Crippen molar-refractivity contribution >= 4 is 22.6 Å². The Hall–Kier alpha value is -3.33. The average Bonchev–Trinajstić information content (AvgIpc) is 3.55. The van der Waals surface area contributed by atoms with Gasteiger partial charge < -0.3 is 9.73 Å². The molecule has 0 atom stereocenters. The van der Waals surface area contributed by atoms with Crippen LogP contribution in [0.2, 0.25) is 0 Å². The van der Waals surface area contributed by atoms with Gasteiger partial charge in [0.05, 0.1) is 0 Å². The summed E-state index contributed by atoms with van der Waals surface area (Å²) in [6.45, 7) is 1.99. The molecule has 4 aromatic rings. The van der Waals surface area contributed by atoms with Crippen molar-refractivity contribution in [3.05, 3.63) is 89.7 Å². The maximum atomic E-state index is 12.9. The minimum absolute atomic E-state index is 0.204. The zero-order chi connectivity index (χ0) is 20.5. The second kappa shape index (κ2) is 7.83. The first-order chi connectivity index (χ1) is 14.7. The molecule has 3 heteroatoms. The fraction of sp³-hybridized carbons (Fsp3) is 0.222. The third-order valence-electron chi connectivity index (χ3n) is 6.02. The Morgan fingerprint density at radius 1 is 0.933 bits per heavy atom. The van der Waals surface area contributed by atoms with Crippen LogP contribution in [0.4, 0.5) is 5.69 Å². The van der Waals surface area contributed by atoms with E-state index in [1.807, 2.05) is 61.5 Å². The van der Waals surface area contributed by atoms with Crippen molar-refractivity contribution in [3.63, 3.8) is 0 Å². The van der Waals surface area contributed by atoms with Crippen LogP contribution in [0.25, 0.3) is 22.1 Å². The number of carbonyl (C=O) groups excluding carboxylic acids is 1. The number of furan rings is 1. The largest absolute Gasteiger partial charge is 0.451 e. The molecular formula is C27H25NO2. The van der Waals surface area contributed by atoms with E-state index < -0.39 is 0 Å². The standard InChI is InChI=1S/C27H25NO2/c1-18-25-22(13-12-19-10-11-19)8-5-9-24(25)30-26(18)27(29)28-23-16-14-21(15-17-23)20-6-3-2-4-7-20/h2-9,14-17,19H,10-13H2,1H3,(H,28,29). The van der Waals surface area contributed by atoms with Gasteiger partial charge in [0.1, 0.15) is 5.58 Å². The van der Waals surface area contributed by atoms with Crippen molar-refractivity contribution in [2.75, 3.05) is 5.32 Å². The van der Waals surface area contributed by atoms with E-state index in [0.29, 0.717) is 5.76 Å². The fourth-order valence-corrected chi connectivity index (χ4v) is 4.14. The zero-order valence-corrected chi connectivity index (χ0v) is 17.2. The number of rotatable bonds is 6. The third kappa shape index (κ3) is 3.76. The second-order valence-electron chi connectivity index (χ2n) is 8.23. The SMILES string of the molecule is Cc1c(C(=O)Nc2ccc(-c3ccccc3)cc2)oc2cccc(CCC3CC3)c12. The second-order valence-corrected chi connectivity index (χ2v) is 8.23. The van der Waals surface area contributed by atoms with Gasteiger partial charge in [-0.3, -0.25) is 4.79 Å². The molecule has 0 aliphatic heterocycles. The Morgan fingerprint density at radius 3 is 2.40 bits per heavy atom. The molecule has 1 amide bonds. The van der Waals surface area contributed by atoms with E-state index in [1.165, 1.54) is 24.8 Å². The fourth-order valence-electron chi connectivity index (χ4n) is 4.14. The van der Waals surface area contributed by atoms with Crippen LogP contribution in [0.15, 0.2) is 77.2 Å². The van der Waals surface area contributed by atoms with Gasteiger partial charge in [0.15, 0.2) is 5.76 Å². The van der Waals surface area contributed by atoms with Crippen molar-refractivity contribution in [1.82, 2.24) is 0 Å². The van der Waals surface area contributed by atoms with Crippen LogP contribution in [0.3, 0.4) is 0 Å². The normalized spacial score (nSPS) is 13.5. The lowest BCUT2D eigenvalue weighted by molar-refractivity contribution is 0.0998. The van der Waals surface area contributed by atoms with Crippen molar-refractivity contribution in [2.24, 2.45) is 5.92 Å². The minimum atomic E-state index is -0.204. The molecule has 1 aliphatic rings. The van der Waals surface area contributed by atoms with Gasteiger partial charge in [-0.25, -0.2) is 0 Å². The maximum Gasteiger partial charge on any atom is 0.291 e. The molecule has 1 saturated carbocycles. The van der Waals surface area contributed by atoms with Crippen LogP contribution in [-0.4, -0.2) is 5.91 Å². The highest BCUT2D eigenvalue weighted by molar-refractivity contribution is 6.07. The Balaban J connectivity index is 1.37. The van der Waals surface area contributed by atoms with Crippen molar-refractivity contribution in [3.8, 4) is 11.1 Å².